The maximum absolute atomic E-state index is 12.1. The minimum absolute atomic E-state index is 0.191. The van der Waals surface area contributed by atoms with E-state index in [1.807, 2.05) is 13.0 Å². The van der Waals surface area contributed by atoms with Crippen LogP contribution in [-0.2, 0) is 0 Å². The van der Waals surface area contributed by atoms with Crippen molar-refractivity contribution in [3.05, 3.63) is 47.8 Å². The predicted molar refractivity (Wildman–Crippen MR) is 79.9 cm³/mol. The Labute approximate surface area is 118 Å². The van der Waals surface area contributed by atoms with E-state index < -0.39 is 0 Å². The van der Waals surface area contributed by atoms with Crippen LogP contribution in [0.15, 0.2) is 36.7 Å². The lowest BCUT2D eigenvalue weighted by Crippen LogP contribution is -2.13. The number of aromatic nitrogens is 2. The molecule has 104 valence electrons. The molecule has 0 bridgehead atoms. The maximum Gasteiger partial charge on any atom is 0.257 e. The highest BCUT2D eigenvalue weighted by Crippen LogP contribution is 2.10. The van der Waals surface area contributed by atoms with Crippen molar-refractivity contribution in [2.45, 2.75) is 20.3 Å². The molecule has 0 atom stereocenters. The first-order chi connectivity index (χ1) is 9.69. The number of carbonyl (C=O) groups is 1. The lowest BCUT2D eigenvalue weighted by atomic mass is 10.2. The van der Waals surface area contributed by atoms with Crippen molar-refractivity contribution in [1.82, 2.24) is 9.97 Å². The first-order valence-corrected chi connectivity index (χ1v) is 6.63. The van der Waals surface area contributed by atoms with E-state index >= 15 is 0 Å². The molecule has 0 aliphatic rings. The molecule has 0 spiro atoms. The minimum Gasteiger partial charge on any atom is -0.370 e. The van der Waals surface area contributed by atoms with Crippen molar-refractivity contribution in [2.75, 3.05) is 17.2 Å². The van der Waals surface area contributed by atoms with Gasteiger partial charge in [-0.25, -0.2) is 9.97 Å². The second-order valence-corrected chi connectivity index (χ2v) is 4.53. The first kappa shape index (κ1) is 14.0. The monoisotopic (exact) mass is 270 g/mol. The summed E-state index contributed by atoms with van der Waals surface area (Å²) in [6.45, 7) is 4.86. The summed E-state index contributed by atoms with van der Waals surface area (Å²) in [6, 6.07) is 7.11. The highest BCUT2D eigenvalue weighted by atomic mass is 16.1. The number of pyridine rings is 2. The zero-order valence-corrected chi connectivity index (χ0v) is 11.7. The SMILES string of the molecule is CCCNc1cc(C(=O)Nc2ccc(C)cn2)ccn1. The molecule has 1 amide bonds. The van der Waals surface area contributed by atoms with Crippen LogP contribution in [0, 0.1) is 6.92 Å². The van der Waals surface area contributed by atoms with Gasteiger partial charge in [-0.1, -0.05) is 13.0 Å². The average molecular weight is 270 g/mol. The zero-order valence-electron chi connectivity index (χ0n) is 11.7. The molecule has 5 heteroatoms. The summed E-state index contributed by atoms with van der Waals surface area (Å²) in [5.41, 5.74) is 1.61. The van der Waals surface area contributed by atoms with Crippen molar-refractivity contribution < 1.29 is 4.79 Å². The van der Waals surface area contributed by atoms with Gasteiger partial charge in [-0.05, 0) is 37.1 Å². The molecule has 0 saturated heterocycles. The molecule has 0 unspecified atom stereocenters. The number of nitrogens with one attached hydrogen (secondary N) is 2. The smallest absolute Gasteiger partial charge is 0.257 e. The highest BCUT2D eigenvalue weighted by Gasteiger charge is 2.07. The number of aryl methyl sites for hydroxylation is 1. The Morgan fingerprint density at radius 1 is 1.20 bits per heavy atom. The van der Waals surface area contributed by atoms with Crippen LogP contribution in [0.1, 0.15) is 29.3 Å². The molecule has 0 saturated carbocycles. The Bertz CT molecular complexity index is 581. The first-order valence-electron chi connectivity index (χ1n) is 6.63. The molecule has 0 radical (unpaired) electrons. The fourth-order valence-corrected chi connectivity index (χ4v) is 1.65. The van der Waals surface area contributed by atoms with Gasteiger partial charge in [0.15, 0.2) is 0 Å². The highest BCUT2D eigenvalue weighted by molar-refractivity contribution is 6.04. The van der Waals surface area contributed by atoms with Crippen LogP contribution in [0.4, 0.5) is 11.6 Å². The summed E-state index contributed by atoms with van der Waals surface area (Å²) in [5, 5.41) is 5.92. The maximum atomic E-state index is 12.1. The third kappa shape index (κ3) is 3.78. The van der Waals surface area contributed by atoms with Crippen molar-refractivity contribution in [3.8, 4) is 0 Å². The lowest BCUT2D eigenvalue weighted by molar-refractivity contribution is 0.102. The van der Waals surface area contributed by atoms with Crippen LogP contribution >= 0.6 is 0 Å². The summed E-state index contributed by atoms with van der Waals surface area (Å²) < 4.78 is 0. The zero-order chi connectivity index (χ0) is 14.4. The molecule has 2 N–H and O–H groups in total. The van der Waals surface area contributed by atoms with Gasteiger partial charge in [-0.15, -0.1) is 0 Å². The van der Waals surface area contributed by atoms with Gasteiger partial charge < -0.3 is 10.6 Å². The van der Waals surface area contributed by atoms with Crippen LogP contribution in [0.2, 0.25) is 0 Å². The van der Waals surface area contributed by atoms with E-state index in [1.54, 1.807) is 30.6 Å². The minimum atomic E-state index is -0.191. The van der Waals surface area contributed by atoms with Gasteiger partial charge in [0.25, 0.3) is 5.91 Å². The Hall–Kier alpha value is -2.43. The van der Waals surface area contributed by atoms with Crippen LogP contribution in [0.25, 0.3) is 0 Å². The molecule has 2 aromatic heterocycles. The van der Waals surface area contributed by atoms with Crippen LogP contribution < -0.4 is 10.6 Å². The largest absolute Gasteiger partial charge is 0.370 e. The third-order valence-corrected chi connectivity index (χ3v) is 2.73. The molecule has 20 heavy (non-hydrogen) atoms. The molecule has 0 fully saturated rings. The Morgan fingerprint density at radius 2 is 2.05 bits per heavy atom. The summed E-state index contributed by atoms with van der Waals surface area (Å²) in [7, 11) is 0. The standard InChI is InChI=1S/C15H18N4O/c1-3-7-16-14-9-12(6-8-17-14)15(20)19-13-5-4-11(2)10-18-13/h4-6,8-10H,3,7H2,1-2H3,(H,16,17)(H,18,19,20). The lowest BCUT2D eigenvalue weighted by Gasteiger charge is -2.07. The fraction of sp³-hybridized carbons (Fsp3) is 0.267. The van der Waals surface area contributed by atoms with E-state index in [-0.39, 0.29) is 5.91 Å². The molecular weight excluding hydrogens is 252 g/mol. The average Bonchev–Trinajstić information content (AvgIpc) is 2.48. The molecule has 2 heterocycles. The summed E-state index contributed by atoms with van der Waals surface area (Å²) >= 11 is 0. The van der Waals surface area contributed by atoms with E-state index in [4.69, 9.17) is 0 Å². The van der Waals surface area contributed by atoms with Crippen LogP contribution in [0.5, 0.6) is 0 Å². The predicted octanol–water partition coefficient (Wildman–Crippen LogP) is 2.86. The molecule has 2 aromatic rings. The van der Waals surface area contributed by atoms with Gasteiger partial charge >= 0.3 is 0 Å². The molecule has 0 aliphatic heterocycles. The van der Waals surface area contributed by atoms with E-state index in [2.05, 4.69) is 27.5 Å². The summed E-state index contributed by atoms with van der Waals surface area (Å²) in [6.07, 6.45) is 4.34. The normalized spacial score (nSPS) is 10.1. The number of nitrogens with zero attached hydrogens (tertiary/aromatic N) is 2. The number of anilines is 2. The Balaban J connectivity index is 2.06. The van der Waals surface area contributed by atoms with Crippen LogP contribution in [0.3, 0.4) is 0 Å². The van der Waals surface area contributed by atoms with E-state index in [0.717, 1.165) is 18.5 Å². The Kier molecular flexibility index (Phi) is 4.65. The van der Waals surface area contributed by atoms with Crippen molar-refractivity contribution in [1.29, 1.82) is 0 Å². The molecular formula is C15H18N4O. The number of carbonyl (C=O) groups excluding carboxylic acids is 1. The fourth-order valence-electron chi connectivity index (χ4n) is 1.65. The molecule has 0 aliphatic carbocycles. The van der Waals surface area contributed by atoms with Crippen molar-refractivity contribution in [3.63, 3.8) is 0 Å². The Morgan fingerprint density at radius 3 is 2.75 bits per heavy atom. The summed E-state index contributed by atoms with van der Waals surface area (Å²) in [4.78, 5) is 20.4. The summed E-state index contributed by atoms with van der Waals surface area (Å²) in [5.74, 6) is 1.06. The van der Waals surface area contributed by atoms with Gasteiger partial charge in [0, 0.05) is 24.5 Å². The van der Waals surface area contributed by atoms with E-state index in [0.29, 0.717) is 17.2 Å². The molecule has 5 nitrogen and oxygen atoms in total. The number of amides is 1. The number of rotatable bonds is 5. The van der Waals surface area contributed by atoms with Gasteiger partial charge in [-0.3, -0.25) is 4.79 Å². The van der Waals surface area contributed by atoms with Crippen molar-refractivity contribution >= 4 is 17.5 Å². The number of hydrogen-bond donors (Lipinski definition) is 2. The second-order valence-electron chi connectivity index (χ2n) is 4.53. The molecule has 0 aromatic carbocycles. The topological polar surface area (TPSA) is 66.9 Å². The van der Waals surface area contributed by atoms with Crippen molar-refractivity contribution in [2.24, 2.45) is 0 Å². The van der Waals surface area contributed by atoms with E-state index in [1.165, 1.54) is 0 Å². The van der Waals surface area contributed by atoms with Crippen LogP contribution in [-0.4, -0.2) is 22.4 Å². The van der Waals surface area contributed by atoms with Gasteiger partial charge in [0.05, 0.1) is 0 Å². The van der Waals surface area contributed by atoms with E-state index in [9.17, 15) is 4.79 Å². The molecule has 2 rings (SSSR count). The van der Waals surface area contributed by atoms with Gasteiger partial charge in [0.1, 0.15) is 11.6 Å². The van der Waals surface area contributed by atoms with Gasteiger partial charge in [-0.2, -0.15) is 0 Å². The quantitative estimate of drug-likeness (QED) is 0.876. The third-order valence-electron chi connectivity index (χ3n) is 2.73. The number of hydrogen-bond acceptors (Lipinski definition) is 4. The second kappa shape index (κ2) is 6.65. The van der Waals surface area contributed by atoms with Gasteiger partial charge in [0.2, 0.25) is 0 Å².